The first-order valence-corrected chi connectivity index (χ1v) is 11.8. The molecule has 1 aromatic carbocycles. The second-order valence-electron chi connectivity index (χ2n) is 9.55. The average Bonchev–Trinajstić information content (AvgIpc) is 2.73. The zero-order valence-corrected chi connectivity index (χ0v) is 18.1. The number of rotatable bonds is 7. The summed E-state index contributed by atoms with van der Waals surface area (Å²) in [6.45, 7) is 1.43. The van der Waals surface area contributed by atoms with Crippen molar-refractivity contribution < 1.29 is 22.7 Å². The Bertz CT molecular complexity index is 668. The maximum absolute atomic E-state index is 14.8. The van der Waals surface area contributed by atoms with E-state index in [2.05, 4.69) is 6.92 Å². The second kappa shape index (κ2) is 10.5. The summed E-state index contributed by atoms with van der Waals surface area (Å²) in [5, 5.41) is 9.20. The van der Waals surface area contributed by atoms with E-state index in [-0.39, 0.29) is 17.0 Å². The molecule has 1 nitrogen and oxygen atoms in total. The summed E-state index contributed by atoms with van der Waals surface area (Å²) >= 11 is 0. The molecular weight excluding hydrogens is 392 g/mol. The lowest BCUT2D eigenvalue weighted by Crippen LogP contribution is -2.26. The second-order valence-corrected chi connectivity index (χ2v) is 9.55. The van der Waals surface area contributed by atoms with Gasteiger partial charge < -0.3 is 5.11 Å². The van der Waals surface area contributed by atoms with Crippen LogP contribution in [-0.2, 0) is 12.8 Å². The van der Waals surface area contributed by atoms with Crippen molar-refractivity contribution in [3.8, 4) is 0 Å². The van der Waals surface area contributed by atoms with Gasteiger partial charge in [-0.25, -0.2) is 4.39 Å². The van der Waals surface area contributed by atoms with Crippen molar-refractivity contribution in [1.29, 1.82) is 0 Å². The summed E-state index contributed by atoms with van der Waals surface area (Å²) in [7, 11) is 0. The summed E-state index contributed by atoms with van der Waals surface area (Å²) in [5.41, 5.74) is -1.49. The van der Waals surface area contributed by atoms with Crippen LogP contribution >= 0.6 is 0 Å². The highest BCUT2D eigenvalue weighted by Gasteiger charge is 2.39. The van der Waals surface area contributed by atoms with Gasteiger partial charge in [0, 0.05) is 0 Å². The average molecular weight is 429 g/mol. The van der Waals surface area contributed by atoms with Crippen LogP contribution in [0.4, 0.5) is 17.6 Å². The van der Waals surface area contributed by atoms with E-state index in [9.17, 15) is 22.7 Å². The highest BCUT2D eigenvalue weighted by atomic mass is 19.4. The molecule has 1 N–H and O–H groups in total. The molecule has 0 aliphatic heterocycles. The Morgan fingerprint density at radius 3 is 2.03 bits per heavy atom. The number of aliphatic hydroxyl groups excluding tert-OH is 1. The molecule has 0 aromatic heterocycles. The van der Waals surface area contributed by atoms with E-state index in [1.165, 1.54) is 63.5 Å². The standard InChI is InChI=1S/C25H36F4O/c1-2-3-4-5-17-6-8-18(9-7-17)19-10-12-20(13-11-19)22-15-14-21(16-30)23(24(22)26)25(27,28)29/h14-15,17-20,30H,2-13,16H2,1H3. The number of halogens is 4. The van der Waals surface area contributed by atoms with Crippen LogP contribution in [0.1, 0.15) is 107 Å². The van der Waals surface area contributed by atoms with Gasteiger partial charge in [-0.05, 0) is 73.3 Å². The van der Waals surface area contributed by atoms with Gasteiger partial charge in [0.2, 0.25) is 0 Å². The zero-order valence-electron chi connectivity index (χ0n) is 18.1. The van der Waals surface area contributed by atoms with Crippen LogP contribution in [0.25, 0.3) is 0 Å². The lowest BCUT2D eigenvalue weighted by atomic mass is 9.67. The molecule has 2 fully saturated rings. The summed E-state index contributed by atoms with van der Waals surface area (Å²) in [5.74, 6) is 0.926. The van der Waals surface area contributed by atoms with E-state index in [1.807, 2.05) is 0 Å². The first-order valence-electron chi connectivity index (χ1n) is 11.8. The Morgan fingerprint density at radius 1 is 0.900 bits per heavy atom. The molecule has 0 atom stereocenters. The molecule has 2 aliphatic rings. The van der Waals surface area contributed by atoms with Crippen molar-refractivity contribution in [3.63, 3.8) is 0 Å². The predicted octanol–water partition coefficient (Wildman–Crippen LogP) is 8.00. The van der Waals surface area contributed by atoms with Gasteiger partial charge in [0.1, 0.15) is 5.82 Å². The molecule has 0 bridgehead atoms. The fourth-order valence-corrected chi connectivity index (χ4v) is 5.92. The van der Waals surface area contributed by atoms with Gasteiger partial charge in [-0.15, -0.1) is 0 Å². The van der Waals surface area contributed by atoms with Crippen LogP contribution in [0.2, 0.25) is 0 Å². The predicted molar refractivity (Wildman–Crippen MR) is 112 cm³/mol. The van der Waals surface area contributed by atoms with Gasteiger partial charge in [-0.1, -0.05) is 57.6 Å². The van der Waals surface area contributed by atoms with E-state index in [0.717, 1.165) is 37.5 Å². The lowest BCUT2D eigenvalue weighted by Gasteiger charge is -2.38. The Morgan fingerprint density at radius 2 is 1.50 bits per heavy atom. The molecule has 0 amide bonds. The topological polar surface area (TPSA) is 20.2 Å². The first-order chi connectivity index (χ1) is 14.3. The third kappa shape index (κ3) is 5.57. The molecule has 2 aliphatic carbocycles. The molecule has 0 radical (unpaired) electrons. The van der Waals surface area contributed by atoms with Crippen molar-refractivity contribution >= 4 is 0 Å². The maximum atomic E-state index is 14.8. The van der Waals surface area contributed by atoms with Crippen molar-refractivity contribution in [2.24, 2.45) is 17.8 Å². The van der Waals surface area contributed by atoms with Gasteiger partial charge in [-0.2, -0.15) is 13.2 Å². The largest absolute Gasteiger partial charge is 0.419 e. The molecular formula is C25H36F4O. The molecule has 0 unspecified atom stereocenters. The van der Waals surface area contributed by atoms with E-state index in [1.54, 1.807) is 0 Å². The Balaban J connectivity index is 1.56. The molecule has 1 aromatic rings. The van der Waals surface area contributed by atoms with Crippen molar-refractivity contribution in [1.82, 2.24) is 0 Å². The molecule has 2 saturated carbocycles. The Labute approximate surface area is 178 Å². The van der Waals surface area contributed by atoms with E-state index in [4.69, 9.17) is 0 Å². The molecule has 0 saturated heterocycles. The highest BCUT2D eigenvalue weighted by Crippen LogP contribution is 2.46. The number of hydrogen-bond donors (Lipinski definition) is 1. The minimum absolute atomic E-state index is 0.152. The van der Waals surface area contributed by atoms with Crippen LogP contribution in [0.3, 0.4) is 0 Å². The number of hydrogen-bond acceptors (Lipinski definition) is 1. The number of benzene rings is 1. The third-order valence-corrected chi connectivity index (χ3v) is 7.70. The molecule has 30 heavy (non-hydrogen) atoms. The van der Waals surface area contributed by atoms with Crippen LogP contribution in [0.5, 0.6) is 0 Å². The van der Waals surface area contributed by atoms with Crippen molar-refractivity contribution in [2.45, 2.75) is 103 Å². The van der Waals surface area contributed by atoms with Crippen LogP contribution in [-0.4, -0.2) is 5.11 Å². The summed E-state index contributed by atoms with van der Waals surface area (Å²) in [4.78, 5) is 0. The Kier molecular flexibility index (Phi) is 8.23. The van der Waals surface area contributed by atoms with Crippen molar-refractivity contribution in [2.75, 3.05) is 0 Å². The summed E-state index contributed by atoms with van der Waals surface area (Å²) < 4.78 is 54.8. The van der Waals surface area contributed by atoms with E-state index >= 15 is 0 Å². The molecule has 3 rings (SSSR count). The first kappa shape index (κ1) is 23.6. The summed E-state index contributed by atoms with van der Waals surface area (Å²) in [6, 6.07) is 2.70. The number of alkyl halides is 3. The van der Waals surface area contributed by atoms with Crippen molar-refractivity contribution in [3.05, 3.63) is 34.6 Å². The van der Waals surface area contributed by atoms with Crippen LogP contribution in [0.15, 0.2) is 12.1 Å². The Hall–Kier alpha value is -1.10. The number of unbranched alkanes of at least 4 members (excludes halogenated alkanes) is 2. The van der Waals surface area contributed by atoms with Gasteiger partial charge >= 0.3 is 6.18 Å². The monoisotopic (exact) mass is 428 g/mol. The molecule has 0 spiro atoms. The zero-order chi connectivity index (χ0) is 21.7. The quantitative estimate of drug-likeness (QED) is 0.345. The van der Waals surface area contributed by atoms with E-state index < -0.39 is 24.2 Å². The van der Waals surface area contributed by atoms with Crippen LogP contribution < -0.4 is 0 Å². The summed E-state index contributed by atoms with van der Waals surface area (Å²) in [6.07, 6.45) is 9.20. The smallest absolute Gasteiger partial charge is 0.392 e. The molecule has 170 valence electrons. The lowest BCUT2D eigenvalue weighted by molar-refractivity contribution is -0.141. The van der Waals surface area contributed by atoms with Gasteiger partial charge in [0.25, 0.3) is 0 Å². The normalized spacial score (nSPS) is 27.9. The highest BCUT2D eigenvalue weighted by molar-refractivity contribution is 5.37. The third-order valence-electron chi connectivity index (χ3n) is 7.70. The van der Waals surface area contributed by atoms with E-state index in [0.29, 0.717) is 5.92 Å². The number of aliphatic hydroxyl groups is 1. The minimum Gasteiger partial charge on any atom is -0.392 e. The van der Waals surface area contributed by atoms with Gasteiger partial charge in [-0.3, -0.25) is 0 Å². The van der Waals surface area contributed by atoms with Gasteiger partial charge in [0.05, 0.1) is 12.2 Å². The van der Waals surface area contributed by atoms with Gasteiger partial charge in [0.15, 0.2) is 0 Å². The SMILES string of the molecule is CCCCCC1CCC(C2CCC(c3ccc(CO)c(C(F)(F)F)c3F)CC2)CC1. The fourth-order valence-electron chi connectivity index (χ4n) is 5.92. The molecule has 0 heterocycles. The fraction of sp³-hybridized carbons (Fsp3) is 0.760. The maximum Gasteiger partial charge on any atom is 0.419 e. The molecule has 5 heteroatoms. The van der Waals surface area contributed by atoms with Crippen LogP contribution in [0, 0.1) is 23.6 Å². The minimum atomic E-state index is -4.79.